The minimum Gasteiger partial charge on any atom is -1.00 e. The molecule has 2 unspecified atom stereocenters. The molecule has 0 amide bonds. The van der Waals surface area contributed by atoms with Crippen molar-refractivity contribution in [3.63, 3.8) is 0 Å². The monoisotopic (exact) mass is 346 g/mol. The van der Waals surface area contributed by atoms with Crippen LogP contribution in [-0.4, -0.2) is 0 Å². The van der Waals surface area contributed by atoms with E-state index in [1.165, 1.54) is 0 Å². The van der Waals surface area contributed by atoms with Crippen molar-refractivity contribution < 1.29 is 48.0 Å². The summed E-state index contributed by atoms with van der Waals surface area (Å²) in [5.74, 6) is 0. The SMILES string of the molecule is CC1=CC=C[C]1(C)[Zr+2][C]1(C)C=CC=C1C.[Cl-].[Cl-]. The van der Waals surface area contributed by atoms with E-state index >= 15 is 0 Å². The summed E-state index contributed by atoms with van der Waals surface area (Å²) in [7, 11) is 0. The van der Waals surface area contributed by atoms with Gasteiger partial charge in [-0.3, -0.25) is 0 Å². The molecule has 0 aromatic heterocycles. The molecule has 17 heavy (non-hydrogen) atoms. The summed E-state index contributed by atoms with van der Waals surface area (Å²) in [4.78, 5) is 0. The van der Waals surface area contributed by atoms with E-state index in [1.807, 2.05) is 0 Å². The van der Waals surface area contributed by atoms with Crippen LogP contribution < -0.4 is 24.8 Å². The van der Waals surface area contributed by atoms with Gasteiger partial charge in [-0.1, -0.05) is 0 Å². The van der Waals surface area contributed by atoms with Gasteiger partial charge in [0, 0.05) is 0 Å². The topological polar surface area (TPSA) is 0 Å². The Morgan fingerprint density at radius 2 is 1.18 bits per heavy atom. The van der Waals surface area contributed by atoms with Crippen LogP contribution in [0.3, 0.4) is 0 Å². The molecule has 0 spiro atoms. The Morgan fingerprint density at radius 1 is 0.824 bits per heavy atom. The van der Waals surface area contributed by atoms with Gasteiger partial charge in [0.05, 0.1) is 0 Å². The van der Waals surface area contributed by atoms with E-state index < -0.39 is 23.2 Å². The average Bonchev–Trinajstić information content (AvgIpc) is 2.61. The first kappa shape index (κ1) is 17.4. The Labute approximate surface area is 129 Å². The van der Waals surface area contributed by atoms with Gasteiger partial charge in [-0.05, 0) is 0 Å². The number of hydrogen-bond acceptors (Lipinski definition) is 0. The number of hydrogen-bond donors (Lipinski definition) is 0. The maximum absolute atomic E-state index is 2.42. The van der Waals surface area contributed by atoms with Crippen molar-refractivity contribution in [2.45, 2.75) is 33.9 Å². The van der Waals surface area contributed by atoms with Crippen LogP contribution in [0.25, 0.3) is 0 Å². The van der Waals surface area contributed by atoms with Crippen LogP contribution in [0.15, 0.2) is 47.6 Å². The first-order chi connectivity index (χ1) is 6.96. The zero-order chi connectivity index (χ0) is 11.1. The van der Waals surface area contributed by atoms with E-state index in [0.717, 1.165) is 0 Å². The van der Waals surface area contributed by atoms with Gasteiger partial charge >= 0.3 is 105 Å². The van der Waals surface area contributed by atoms with Crippen molar-refractivity contribution in [3.8, 4) is 0 Å². The van der Waals surface area contributed by atoms with E-state index in [9.17, 15) is 0 Å². The molecule has 2 aliphatic carbocycles. The molecule has 2 atom stereocenters. The molecule has 0 N–H and O–H groups in total. The molecule has 0 aromatic rings. The normalized spacial score (nSPS) is 33.4. The predicted molar refractivity (Wildman–Crippen MR) is 62.5 cm³/mol. The molecule has 0 aromatic carbocycles. The van der Waals surface area contributed by atoms with Gasteiger partial charge in [-0.2, -0.15) is 0 Å². The summed E-state index contributed by atoms with van der Waals surface area (Å²) in [6.07, 6.45) is 13.9. The van der Waals surface area contributed by atoms with Gasteiger partial charge in [0.25, 0.3) is 0 Å². The zero-order valence-corrected chi connectivity index (χ0v) is 14.7. The second-order valence-electron chi connectivity index (χ2n) is 4.95. The summed E-state index contributed by atoms with van der Waals surface area (Å²) >= 11 is -0.550. The number of rotatable bonds is 2. The molecule has 0 aliphatic heterocycles. The minimum atomic E-state index is -0.550. The fourth-order valence-corrected chi connectivity index (χ4v) is 7.11. The van der Waals surface area contributed by atoms with Crippen molar-refractivity contribution >= 4 is 0 Å². The first-order valence-electron chi connectivity index (χ1n) is 5.49. The van der Waals surface area contributed by atoms with Crippen LogP contribution in [0.4, 0.5) is 0 Å². The van der Waals surface area contributed by atoms with Crippen molar-refractivity contribution in [2.75, 3.05) is 0 Å². The summed E-state index contributed by atoms with van der Waals surface area (Å²) in [6.45, 7) is 9.39. The van der Waals surface area contributed by atoms with E-state index in [0.29, 0.717) is 6.25 Å². The van der Waals surface area contributed by atoms with E-state index in [1.54, 1.807) is 11.1 Å². The standard InChI is InChI=1S/2C7H9.2ClH.Zr/c2*1-6-4-3-5-7(6)2;;;/h2*3-5H,1-2H3;2*1H;/q;;;;+2/p-2. The Bertz CT molecular complexity index is 368. The van der Waals surface area contributed by atoms with Crippen molar-refractivity contribution in [3.05, 3.63) is 47.6 Å². The molecule has 0 nitrogen and oxygen atoms in total. The number of allylic oxidation sites excluding steroid dienone is 8. The zero-order valence-electron chi connectivity index (χ0n) is 10.7. The van der Waals surface area contributed by atoms with Crippen molar-refractivity contribution in [1.29, 1.82) is 0 Å². The molecule has 0 bridgehead atoms. The van der Waals surface area contributed by atoms with Gasteiger partial charge in [-0.15, -0.1) is 0 Å². The van der Waals surface area contributed by atoms with Gasteiger partial charge in [0.15, 0.2) is 0 Å². The maximum atomic E-state index is 2.42. The third-order valence-corrected chi connectivity index (χ3v) is 9.02. The Hall–Kier alpha value is 0.423. The van der Waals surface area contributed by atoms with Crippen LogP contribution in [0.2, 0.25) is 6.25 Å². The first-order valence-corrected chi connectivity index (χ1v) is 7.95. The summed E-state index contributed by atoms with van der Waals surface area (Å²) in [5, 5.41) is 0. The molecule has 0 heterocycles. The Balaban J connectivity index is 0.00000128. The average molecular weight is 348 g/mol. The molecular weight excluding hydrogens is 330 g/mol. The quantitative estimate of drug-likeness (QED) is 0.568. The van der Waals surface area contributed by atoms with Gasteiger partial charge < -0.3 is 24.8 Å². The molecule has 0 fully saturated rings. The second kappa shape index (κ2) is 6.04. The fraction of sp³-hybridized carbons (Fsp3) is 0.429. The van der Waals surface area contributed by atoms with Gasteiger partial charge in [-0.25, -0.2) is 0 Å². The van der Waals surface area contributed by atoms with Crippen LogP contribution in [-0.2, 0) is 23.2 Å². The van der Waals surface area contributed by atoms with Crippen molar-refractivity contribution in [1.82, 2.24) is 0 Å². The third kappa shape index (κ3) is 3.25. The predicted octanol–water partition coefficient (Wildman–Crippen LogP) is -1.53. The smallest absolute Gasteiger partial charge is 1.00 e. The molecule has 2 aliphatic rings. The van der Waals surface area contributed by atoms with E-state index in [-0.39, 0.29) is 24.8 Å². The van der Waals surface area contributed by atoms with Crippen molar-refractivity contribution in [2.24, 2.45) is 0 Å². The molecule has 92 valence electrons. The summed E-state index contributed by atoms with van der Waals surface area (Å²) in [5.41, 5.74) is 3.12. The van der Waals surface area contributed by atoms with E-state index in [2.05, 4.69) is 64.2 Å². The Morgan fingerprint density at radius 3 is 1.41 bits per heavy atom. The largest absolute Gasteiger partial charge is 1.00 e. The van der Waals surface area contributed by atoms with Crippen LogP contribution in [0, 0.1) is 0 Å². The molecule has 0 saturated heterocycles. The van der Waals surface area contributed by atoms with Gasteiger partial charge in [0.1, 0.15) is 0 Å². The molecule has 0 radical (unpaired) electrons. The molecule has 3 heteroatoms. The number of halogens is 2. The fourth-order valence-electron chi connectivity index (χ4n) is 2.20. The minimum absolute atomic E-state index is 0. The summed E-state index contributed by atoms with van der Waals surface area (Å²) < 4.78 is 0.837. The molecule has 2 rings (SSSR count). The van der Waals surface area contributed by atoms with Gasteiger partial charge in [0.2, 0.25) is 0 Å². The van der Waals surface area contributed by atoms with Crippen LogP contribution >= 0.6 is 0 Å². The molecular formula is C14H18Cl2Zr. The maximum Gasteiger partial charge on any atom is -1.00 e. The van der Waals surface area contributed by atoms with Crippen LogP contribution in [0.5, 0.6) is 0 Å². The molecule has 0 saturated carbocycles. The van der Waals surface area contributed by atoms with Crippen LogP contribution in [0.1, 0.15) is 27.7 Å². The summed E-state index contributed by atoms with van der Waals surface area (Å²) in [6, 6.07) is 0. The van der Waals surface area contributed by atoms with E-state index in [4.69, 9.17) is 0 Å². The second-order valence-corrected chi connectivity index (χ2v) is 10.7. The third-order valence-electron chi connectivity index (χ3n) is 3.71. The Kier molecular flexibility index (Phi) is 6.19.